The standard InChI is InChI=1S/C18H23NO/c1-3-7-17(20)18(15-8-5-4-6-9-15)19-16-12-10-14(2)11-13-16/h4-6,8-13,17-20H,3,7H2,1-2H3. The molecule has 20 heavy (non-hydrogen) atoms. The van der Waals surface area contributed by atoms with Gasteiger partial charge < -0.3 is 10.4 Å². The zero-order valence-corrected chi connectivity index (χ0v) is 12.2. The maximum Gasteiger partial charge on any atom is 0.0783 e. The minimum absolute atomic E-state index is 0.0705. The van der Waals surface area contributed by atoms with Crippen LogP contribution in [0.5, 0.6) is 0 Å². The lowest BCUT2D eigenvalue weighted by molar-refractivity contribution is 0.142. The van der Waals surface area contributed by atoms with Gasteiger partial charge in [-0.2, -0.15) is 0 Å². The Balaban J connectivity index is 2.20. The number of hydrogen-bond donors (Lipinski definition) is 2. The highest BCUT2D eigenvalue weighted by atomic mass is 16.3. The van der Waals surface area contributed by atoms with Crippen molar-refractivity contribution in [2.45, 2.75) is 38.8 Å². The Kier molecular flexibility index (Phi) is 5.19. The van der Waals surface area contributed by atoms with E-state index in [2.05, 4.69) is 55.6 Å². The van der Waals surface area contributed by atoms with Crippen molar-refractivity contribution in [1.29, 1.82) is 0 Å². The summed E-state index contributed by atoms with van der Waals surface area (Å²) in [5.74, 6) is 0. The molecule has 106 valence electrons. The molecule has 0 bridgehead atoms. The van der Waals surface area contributed by atoms with E-state index < -0.39 is 0 Å². The molecule has 2 unspecified atom stereocenters. The van der Waals surface area contributed by atoms with Crippen LogP contribution in [-0.4, -0.2) is 11.2 Å². The fraction of sp³-hybridized carbons (Fsp3) is 0.333. The van der Waals surface area contributed by atoms with Gasteiger partial charge in [-0.1, -0.05) is 61.4 Å². The van der Waals surface area contributed by atoms with Crippen molar-refractivity contribution in [3.8, 4) is 0 Å². The zero-order chi connectivity index (χ0) is 14.4. The van der Waals surface area contributed by atoms with E-state index in [0.717, 1.165) is 24.1 Å². The number of aryl methyl sites for hydroxylation is 1. The molecule has 0 aliphatic carbocycles. The van der Waals surface area contributed by atoms with Crippen LogP contribution < -0.4 is 5.32 Å². The smallest absolute Gasteiger partial charge is 0.0783 e. The third-order valence-corrected chi connectivity index (χ3v) is 3.50. The lowest BCUT2D eigenvalue weighted by Crippen LogP contribution is -2.25. The second kappa shape index (κ2) is 7.11. The molecule has 0 aromatic heterocycles. The lowest BCUT2D eigenvalue weighted by atomic mass is 9.98. The van der Waals surface area contributed by atoms with Gasteiger partial charge in [-0.05, 0) is 31.0 Å². The van der Waals surface area contributed by atoms with E-state index in [0.29, 0.717) is 0 Å². The lowest BCUT2D eigenvalue weighted by Gasteiger charge is -2.25. The van der Waals surface area contributed by atoms with Gasteiger partial charge in [-0.15, -0.1) is 0 Å². The minimum atomic E-state index is -0.385. The first-order valence-electron chi connectivity index (χ1n) is 7.27. The molecule has 2 heteroatoms. The van der Waals surface area contributed by atoms with Gasteiger partial charge in [-0.25, -0.2) is 0 Å². The topological polar surface area (TPSA) is 32.3 Å². The first-order valence-corrected chi connectivity index (χ1v) is 7.27. The van der Waals surface area contributed by atoms with E-state index in [1.54, 1.807) is 0 Å². The average molecular weight is 269 g/mol. The minimum Gasteiger partial charge on any atom is -0.391 e. The molecule has 0 amide bonds. The summed E-state index contributed by atoms with van der Waals surface area (Å²) in [6, 6.07) is 18.4. The highest BCUT2D eigenvalue weighted by Gasteiger charge is 2.20. The van der Waals surface area contributed by atoms with Crippen molar-refractivity contribution in [3.63, 3.8) is 0 Å². The first kappa shape index (κ1) is 14.6. The number of aliphatic hydroxyl groups is 1. The summed E-state index contributed by atoms with van der Waals surface area (Å²) in [5.41, 5.74) is 3.40. The third-order valence-electron chi connectivity index (χ3n) is 3.50. The molecule has 0 fully saturated rings. The second-order valence-electron chi connectivity index (χ2n) is 5.25. The highest BCUT2D eigenvalue weighted by molar-refractivity contribution is 5.47. The van der Waals surface area contributed by atoms with Crippen LogP contribution in [0.3, 0.4) is 0 Å². The number of anilines is 1. The summed E-state index contributed by atoms with van der Waals surface area (Å²) in [4.78, 5) is 0. The maximum absolute atomic E-state index is 10.4. The summed E-state index contributed by atoms with van der Waals surface area (Å²) < 4.78 is 0. The van der Waals surface area contributed by atoms with Crippen molar-refractivity contribution < 1.29 is 5.11 Å². The SMILES string of the molecule is CCCC(O)C(Nc1ccc(C)cc1)c1ccccc1. The van der Waals surface area contributed by atoms with Crippen LogP contribution in [0.2, 0.25) is 0 Å². The third kappa shape index (κ3) is 3.84. The van der Waals surface area contributed by atoms with Crippen LogP contribution in [0, 0.1) is 6.92 Å². The quantitative estimate of drug-likeness (QED) is 0.819. The Labute approximate surface area is 121 Å². The van der Waals surface area contributed by atoms with E-state index in [4.69, 9.17) is 0 Å². The fourth-order valence-electron chi connectivity index (χ4n) is 2.35. The van der Waals surface area contributed by atoms with Gasteiger partial charge in [-0.3, -0.25) is 0 Å². The summed E-state index contributed by atoms with van der Waals surface area (Å²) in [5, 5.41) is 13.9. The van der Waals surface area contributed by atoms with Crippen molar-refractivity contribution in [2.24, 2.45) is 0 Å². The van der Waals surface area contributed by atoms with Crippen LogP contribution in [0.15, 0.2) is 54.6 Å². The predicted molar refractivity (Wildman–Crippen MR) is 84.9 cm³/mol. The highest BCUT2D eigenvalue weighted by Crippen LogP contribution is 2.25. The molecule has 0 aliphatic rings. The van der Waals surface area contributed by atoms with Gasteiger partial charge in [0.15, 0.2) is 0 Å². The number of aliphatic hydroxyl groups excluding tert-OH is 1. The van der Waals surface area contributed by atoms with Crippen molar-refractivity contribution >= 4 is 5.69 Å². The van der Waals surface area contributed by atoms with E-state index in [9.17, 15) is 5.11 Å². The van der Waals surface area contributed by atoms with Crippen molar-refractivity contribution in [2.75, 3.05) is 5.32 Å². The molecule has 2 rings (SSSR count). The number of nitrogens with one attached hydrogen (secondary N) is 1. The largest absolute Gasteiger partial charge is 0.391 e. The summed E-state index contributed by atoms with van der Waals surface area (Å²) in [6.45, 7) is 4.17. The molecule has 0 saturated heterocycles. The zero-order valence-electron chi connectivity index (χ0n) is 12.2. The molecule has 0 spiro atoms. The molecule has 0 radical (unpaired) electrons. The van der Waals surface area contributed by atoms with Crippen LogP contribution in [0.4, 0.5) is 5.69 Å². The Morgan fingerprint density at radius 2 is 1.65 bits per heavy atom. The van der Waals surface area contributed by atoms with Crippen LogP contribution in [0.25, 0.3) is 0 Å². The molecule has 0 heterocycles. The average Bonchev–Trinajstić information content (AvgIpc) is 2.48. The fourth-order valence-corrected chi connectivity index (χ4v) is 2.35. The van der Waals surface area contributed by atoms with E-state index in [1.807, 2.05) is 18.2 Å². The Morgan fingerprint density at radius 1 is 1.00 bits per heavy atom. The summed E-state index contributed by atoms with van der Waals surface area (Å²) >= 11 is 0. The molecule has 2 N–H and O–H groups in total. The molecule has 0 aliphatic heterocycles. The van der Waals surface area contributed by atoms with Gasteiger partial charge in [0.2, 0.25) is 0 Å². The Morgan fingerprint density at radius 3 is 2.25 bits per heavy atom. The molecule has 2 nitrogen and oxygen atoms in total. The Hall–Kier alpha value is -1.80. The molecule has 2 aromatic rings. The van der Waals surface area contributed by atoms with Crippen molar-refractivity contribution in [1.82, 2.24) is 0 Å². The normalized spacial score (nSPS) is 13.8. The van der Waals surface area contributed by atoms with Crippen molar-refractivity contribution in [3.05, 3.63) is 65.7 Å². The van der Waals surface area contributed by atoms with Crippen LogP contribution in [-0.2, 0) is 0 Å². The molecular formula is C18H23NO. The number of benzene rings is 2. The van der Waals surface area contributed by atoms with E-state index >= 15 is 0 Å². The van der Waals surface area contributed by atoms with Gasteiger partial charge in [0.1, 0.15) is 0 Å². The van der Waals surface area contributed by atoms with Gasteiger partial charge in [0.25, 0.3) is 0 Å². The molecule has 2 aromatic carbocycles. The maximum atomic E-state index is 10.4. The first-order chi connectivity index (χ1) is 9.70. The summed E-state index contributed by atoms with van der Waals surface area (Å²) in [6.07, 6.45) is 1.38. The second-order valence-corrected chi connectivity index (χ2v) is 5.25. The van der Waals surface area contributed by atoms with Crippen LogP contribution >= 0.6 is 0 Å². The number of rotatable bonds is 6. The van der Waals surface area contributed by atoms with E-state index in [1.165, 1.54) is 5.56 Å². The van der Waals surface area contributed by atoms with Gasteiger partial charge in [0, 0.05) is 5.69 Å². The van der Waals surface area contributed by atoms with Crippen LogP contribution in [0.1, 0.15) is 36.9 Å². The number of hydrogen-bond acceptors (Lipinski definition) is 2. The van der Waals surface area contributed by atoms with E-state index in [-0.39, 0.29) is 12.1 Å². The molecule has 2 atom stereocenters. The van der Waals surface area contributed by atoms with Gasteiger partial charge in [0.05, 0.1) is 12.1 Å². The van der Waals surface area contributed by atoms with Gasteiger partial charge >= 0.3 is 0 Å². The molecule has 0 saturated carbocycles. The summed E-state index contributed by atoms with van der Waals surface area (Å²) in [7, 11) is 0. The molecular weight excluding hydrogens is 246 g/mol. The predicted octanol–water partition coefficient (Wildman–Crippen LogP) is 4.31. The Bertz CT molecular complexity index is 507. The monoisotopic (exact) mass is 269 g/mol.